The van der Waals surface area contributed by atoms with E-state index in [2.05, 4.69) is 30.2 Å². The quantitative estimate of drug-likeness (QED) is 0.203. The first kappa shape index (κ1) is 32.5. The number of alkyl carbamates (subject to hydrolysis) is 1. The molecule has 0 aliphatic carbocycles. The predicted octanol–water partition coefficient (Wildman–Crippen LogP) is 6.79. The molecular weight excluding hydrogens is 534 g/mol. The topological polar surface area (TPSA) is 87.7 Å². The van der Waals surface area contributed by atoms with Crippen molar-refractivity contribution in [3.8, 4) is 0 Å². The van der Waals surface area contributed by atoms with Crippen LogP contribution in [0.15, 0.2) is 36.4 Å². The van der Waals surface area contributed by atoms with Crippen LogP contribution >= 0.6 is 24.2 Å². The molecule has 0 bridgehead atoms. The van der Waals surface area contributed by atoms with Crippen LogP contribution in [0.5, 0.6) is 0 Å². The van der Waals surface area contributed by atoms with Crippen molar-refractivity contribution in [2.45, 2.75) is 85.4 Å². The highest BCUT2D eigenvalue weighted by Crippen LogP contribution is 2.31. The van der Waals surface area contributed by atoms with Crippen LogP contribution < -0.4 is 10.6 Å². The number of thiol groups is 1. The van der Waals surface area contributed by atoms with E-state index in [4.69, 9.17) is 16.3 Å². The Hall–Kier alpha value is -2.71. The third-order valence-electron chi connectivity index (χ3n) is 6.43. The first-order valence-corrected chi connectivity index (χ1v) is 14.3. The van der Waals surface area contributed by atoms with Gasteiger partial charge >= 0.3 is 6.09 Å². The van der Waals surface area contributed by atoms with Crippen molar-refractivity contribution in [1.82, 2.24) is 10.2 Å². The van der Waals surface area contributed by atoms with E-state index >= 15 is 0 Å². The monoisotopic (exact) mass is 575 g/mol. The fourth-order valence-electron chi connectivity index (χ4n) is 4.24. The van der Waals surface area contributed by atoms with Crippen LogP contribution in [0.1, 0.15) is 75.3 Å². The van der Waals surface area contributed by atoms with E-state index in [-0.39, 0.29) is 11.7 Å². The zero-order chi connectivity index (χ0) is 29.3. The molecule has 0 aliphatic heterocycles. The highest BCUT2D eigenvalue weighted by atomic mass is 35.5. The second-order valence-electron chi connectivity index (χ2n) is 10.7. The molecule has 2 atom stereocenters. The van der Waals surface area contributed by atoms with E-state index in [1.807, 2.05) is 51.1 Å². The van der Waals surface area contributed by atoms with Gasteiger partial charge in [-0.25, -0.2) is 4.79 Å². The van der Waals surface area contributed by atoms with Crippen molar-refractivity contribution in [1.29, 1.82) is 0 Å². The lowest BCUT2D eigenvalue weighted by atomic mass is 9.94. The molecule has 0 aliphatic rings. The average Bonchev–Trinajstić information content (AvgIpc) is 2.85. The first-order valence-electron chi connectivity index (χ1n) is 13.3. The lowest BCUT2D eigenvalue weighted by Crippen LogP contribution is -2.53. The number of carbonyl (C=O) groups is 3. The molecule has 214 valence electrons. The van der Waals surface area contributed by atoms with Gasteiger partial charge in [-0.3, -0.25) is 9.59 Å². The standard InChI is InChI=1S/C30H42ClN3O4S/c1-8-9-10-17-34(28(36)24(18-39)32-29(37)38-30(5,6)7)26(22-15-11-13-19(2)21(22)4)27(35)33-25-20(3)14-12-16-23(25)31/h11-16,24,26,39H,8-10,17-18H2,1-7H3,(H,32,37)(H,33,35). The fourth-order valence-corrected chi connectivity index (χ4v) is 4.75. The molecule has 39 heavy (non-hydrogen) atoms. The number of benzene rings is 2. The average molecular weight is 576 g/mol. The molecule has 0 saturated heterocycles. The van der Waals surface area contributed by atoms with E-state index in [9.17, 15) is 14.4 Å². The number of unbranched alkanes of at least 4 members (excludes halogenated alkanes) is 2. The number of aryl methyl sites for hydroxylation is 2. The van der Waals surface area contributed by atoms with Crippen LogP contribution in [0.25, 0.3) is 0 Å². The Bertz CT molecular complexity index is 1150. The van der Waals surface area contributed by atoms with Gasteiger partial charge in [-0.15, -0.1) is 0 Å². The zero-order valence-electron chi connectivity index (χ0n) is 24.1. The van der Waals surface area contributed by atoms with Crippen LogP contribution in [0.2, 0.25) is 5.02 Å². The number of ether oxygens (including phenoxy) is 1. The SMILES string of the molecule is CCCCCN(C(=O)C(CS)NC(=O)OC(C)(C)C)C(C(=O)Nc1c(C)cccc1Cl)c1cccc(C)c1C. The van der Waals surface area contributed by atoms with E-state index in [1.165, 1.54) is 0 Å². The molecule has 2 rings (SSSR count). The molecule has 0 aromatic heterocycles. The molecule has 0 saturated carbocycles. The van der Waals surface area contributed by atoms with Gasteiger partial charge in [0.05, 0.1) is 10.7 Å². The minimum absolute atomic E-state index is 0.0348. The minimum atomic E-state index is -0.993. The van der Waals surface area contributed by atoms with Crippen molar-refractivity contribution < 1.29 is 19.1 Å². The molecule has 2 aromatic rings. The molecule has 7 nitrogen and oxygen atoms in total. The number of rotatable bonds is 11. The van der Waals surface area contributed by atoms with Gasteiger partial charge in [-0.1, -0.05) is 61.7 Å². The molecule has 2 aromatic carbocycles. The summed E-state index contributed by atoms with van der Waals surface area (Å²) in [5, 5.41) is 6.04. The van der Waals surface area contributed by atoms with Gasteiger partial charge in [0.2, 0.25) is 5.91 Å². The zero-order valence-corrected chi connectivity index (χ0v) is 25.7. The Morgan fingerprint density at radius 2 is 1.67 bits per heavy atom. The van der Waals surface area contributed by atoms with Crippen molar-refractivity contribution >= 4 is 47.8 Å². The summed E-state index contributed by atoms with van der Waals surface area (Å²) >= 11 is 10.8. The largest absolute Gasteiger partial charge is 0.444 e. The Morgan fingerprint density at radius 1 is 1.03 bits per heavy atom. The number of hydrogen-bond donors (Lipinski definition) is 3. The summed E-state index contributed by atoms with van der Waals surface area (Å²) in [7, 11) is 0. The Balaban J connectivity index is 2.58. The Kier molecular flexibility index (Phi) is 12.2. The number of nitrogens with one attached hydrogen (secondary N) is 2. The highest BCUT2D eigenvalue weighted by molar-refractivity contribution is 7.80. The number of anilines is 1. The maximum absolute atomic E-state index is 14.1. The normalized spacial score (nSPS) is 12.8. The Labute approximate surface area is 243 Å². The molecule has 2 N–H and O–H groups in total. The van der Waals surface area contributed by atoms with Crippen LogP contribution in [0, 0.1) is 20.8 Å². The molecule has 3 amide bonds. The van der Waals surface area contributed by atoms with Crippen LogP contribution in [0.3, 0.4) is 0 Å². The van der Waals surface area contributed by atoms with Gasteiger partial charge in [0.15, 0.2) is 0 Å². The van der Waals surface area contributed by atoms with Crippen molar-refractivity contribution in [2.75, 3.05) is 17.6 Å². The number of halogens is 1. The predicted molar refractivity (Wildman–Crippen MR) is 162 cm³/mol. The second kappa shape index (κ2) is 14.6. The van der Waals surface area contributed by atoms with Gasteiger partial charge in [-0.05, 0) is 76.3 Å². The third-order valence-corrected chi connectivity index (χ3v) is 7.11. The van der Waals surface area contributed by atoms with Gasteiger partial charge in [0, 0.05) is 12.3 Å². The van der Waals surface area contributed by atoms with Gasteiger partial charge < -0.3 is 20.3 Å². The molecule has 0 fully saturated rings. The summed E-state index contributed by atoms with van der Waals surface area (Å²) < 4.78 is 5.38. The van der Waals surface area contributed by atoms with Gasteiger partial charge in [0.1, 0.15) is 17.7 Å². The highest BCUT2D eigenvalue weighted by Gasteiger charge is 2.36. The van der Waals surface area contributed by atoms with Crippen molar-refractivity contribution in [2.24, 2.45) is 0 Å². The summed E-state index contributed by atoms with van der Waals surface area (Å²) in [6.07, 6.45) is 1.78. The fraction of sp³-hybridized carbons (Fsp3) is 0.500. The summed E-state index contributed by atoms with van der Waals surface area (Å²) in [6, 6.07) is 9.14. The molecule has 0 heterocycles. The number of carbonyl (C=O) groups excluding carboxylic acids is 3. The second-order valence-corrected chi connectivity index (χ2v) is 11.5. The third kappa shape index (κ3) is 9.17. The molecular formula is C30H42ClN3O4S. The van der Waals surface area contributed by atoms with Gasteiger partial charge in [-0.2, -0.15) is 12.6 Å². The number of amides is 3. The van der Waals surface area contributed by atoms with Crippen LogP contribution in [-0.4, -0.2) is 46.7 Å². The molecule has 0 spiro atoms. The van der Waals surface area contributed by atoms with Crippen LogP contribution in [0.4, 0.5) is 10.5 Å². The summed E-state index contributed by atoms with van der Waals surface area (Å²) in [5.41, 5.74) is 3.18. The summed E-state index contributed by atoms with van der Waals surface area (Å²) in [5.74, 6) is -0.767. The summed E-state index contributed by atoms with van der Waals surface area (Å²) in [4.78, 5) is 42.3. The molecule has 2 unspecified atom stereocenters. The number of nitrogens with zero attached hydrogens (tertiary/aromatic N) is 1. The van der Waals surface area contributed by atoms with E-state index < -0.39 is 29.7 Å². The van der Waals surface area contributed by atoms with Gasteiger partial charge in [0.25, 0.3) is 5.91 Å². The van der Waals surface area contributed by atoms with E-state index in [0.29, 0.717) is 29.2 Å². The maximum Gasteiger partial charge on any atom is 0.408 e. The maximum atomic E-state index is 14.1. The lowest BCUT2D eigenvalue weighted by Gasteiger charge is -2.35. The number of para-hydroxylation sites is 1. The Morgan fingerprint density at radius 3 is 2.26 bits per heavy atom. The lowest BCUT2D eigenvalue weighted by molar-refractivity contribution is -0.140. The van der Waals surface area contributed by atoms with E-state index in [0.717, 1.165) is 29.5 Å². The van der Waals surface area contributed by atoms with Crippen molar-refractivity contribution in [3.05, 3.63) is 63.7 Å². The summed E-state index contributed by atoms with van der Waals surface area (Å²) in [6.45, 7) is 13.4. The van der Waals surface area contributed by atoms with E-state index in [1.54, 1.807) is 31.7 Å². The minimum Gasteiger partial charge on any atom is -0.444 e. The number of hydrogen-bond acceptors (Lipinski definition) is 5. The molecule has 0 radical (unpaired) electrons. The van der Waals surface area contributed by atoms with Crippen molar-refractivity contribution in [3.63, 3.8) is 0 Å². The van der Waals surface area contributed by atoms with Crippen LogP contribution in [-0.2, 0) is 14.3 Å². The first-order chi connectivity index (χ1) is 18.3. The smallest absolute Gasteiger partial charge is 0.408 e. The molecule has 9 heteroatoms.